The first-order chi connectivity index (χ1) is 11.2. The van der Waals surface area contributed by atoms with Gasteiger partial charge >= 0.3 is 0 Å². The van der Waals surface area contributed by atoms with Gasteiger partial charge < -0.3 is 9.88 Å². The van der Waals surface area contributed by atoms with E-state index in [1.54, 1.807) is 11.8 Å². The number of amides is 1. The Bertz CT molecular complexity index is 939. The summed E-state index contributed by atoms with van der Waals surface area (Å²) in [6.07, 6.45) is 0. The molecule has 2 aromatic carbocycles. The number of alkyl halides is 1. The number of nitrogens with zero attached hydrogens (tertiary/aromatic N) is 1. The van der Waals surface area contributed by atoms with Gasteiger partial charge in [0.05, 0.1) is 11.6 Å². The maximum absolute atomic E-state index is 12.4. The zero-order valence-electron chi connectivity index (χ0n) is 12.1. The molecule has 0 radical (unpaired) electrons. The molecule has 5 rings (SSSR count). The van der Waals surface area contributed by atoms with Gasteiger partial charge in [-0.1, -0.05) is 60.3 Å². The lowest BCUT2D eigenvalue weighted by Crippen LogP contribution is -2.68. The SMILES string of the molecule is O=C1[C@H](Cl)[C@@]2(c3ccccc3)Sc3[nH]c4ccccc4c3CN12. The van der Waals surface area contributed by atoms with Gasteiger partial charge in [-0.3, -0.25) is 4.79 Å². The molecule has 1 N–H and O–H groups in total. The van der Waals surface area contributed by atoms with E-state index < -0.39 is 10.2 Å². The van der Waals surface area contributed by atoms with E-state index in [-0.39, 0.29) is 5.91 Å². The summed E-state index contributed by atoms with van der Waals surface area (Å²) < 4.78 is 0. The van der Waals surface area contributed by atoms with Gasteiger partial charge in [0.15, 0.2) is 0 Å². The van der Waals surface area contributed by atoms with E-state index in [0.717, 1.165) is 16.1 Å². The van der Waals surface area contributed by atoms with Crippen LogP contribution in [-0.4, -0.2) is 21.2 Å². The summed E-state index contributed by atoms with van der Waals surface area (Å²) >= 11 is 8.17. The van der Waals surface area contributed by atoms with Crippen LogP contribution in [0.3, 0.4) is 0 Å². The molecule has 23 heavy (non-hydrogen) atoms. The number of hydrogen-bond acceptors (Lipinski definition) is 2. The van der Waals surface area contributed by atoms with Crippen molar-refractivity contribution >= 4 is 40.2 Å². The monoisotopic (exact) mass is 340 g/mol. The number of fused-ring (bicyclic) bond motifs is 4. The normalized spacial score (nSPS) is 25.9. The quantitative estimate of drug-likeness (QED) is 0.535. The van der Waals surface area contributed by atoms with Crippen molar-refractivity contribution in [3.05, 3.63) is 65.7 Å². The molecule has 2 aliphatic heterocycles. The highest BCUT2D eigenvalue weighted by Crippen LogP contribution is 2.60. The van der Waals surface area contributed by atoms with Crippen LogP contribution in [0.2, 0.25) is 0 Å². The molecule has 0 spiro atoms. The molecule has 2 atom stereocenters. The van der Waals surface area contributed by atoms with Crippen molar-refractivity contribution in [2.45, 2.75) is 21.8 Å². The van der Waals surface area contributed by atoms with Gasteiger partial charge in [0.25, 0.3) is 0 Å². The van der Waals surface area contributed by atoms with E-state index in [4.69, 9.17) is 11.6 Å². The Hall–Kier alpha value is -1.91. The zero-order chi connectivity index (χ0) is 15.6. The van der Waals surface area contributed by atoms with Crippen molar-refractivity contribution in [3.8, 4) is 0 Å². The van der Waals surface area contributed by atoms with Gasteiger partial charge in [-0.25, -0.2) is 0 Å². The Balaban J connectivity index is 1.72. The largest absolute Gasteiger partial charge is 0.349 e. The molecule has 1 aromatic heterocycles. The molecule has 114 valence electrons. The first-order valence-corrected chi connectivity index (χ1v) is 8.77. The van der Waals surface area contributed by atoms with Crippen LogP contribution in [0.5, 0.6) is 0 Å². The van der Waals surface area contributed by atoms with Gasteiger partial charge in [-0.15, -0.1) is 11.6 Å². The molecule has 0 aliphatic carbocycles. The molecule has 0 bridgehead atoms. The third-order valence-electron chi connectivity index (χ3n) is 4.76. The maximum atomic E-state index is 12.4. The first kappa shape index (κ1) is 13.5. The predicted octanol–water partition coefficient (Wildman–Crippen LogP) is 4.08. The van der Waals surface area contributed by atoms with Crippen molar-refractivity contribution in [2.75, 3.05) is 0 Å². The van der Waals surface area contributed by atoms with Crippen LogP contribution < -0.4 is 0 Å². The summed E-state index contributed by atoms with van der Waals surface area (Å²) in [4.78, 5) is 17.3. The number of benzene rings is 2. The van der Waals surface area contributed by atoms with E-state index in [2.05, 4.69) is 29.2 Å². The van der Waals surface area contributed by atoms with Crippen molar-refractivity contribution < 1.29 is 4.79 Å². The Labute approximate surface area is 142 Å². The Morgan fingerprint density at radius 1 is 1.13 bits per heavy atom. The van der Waals surface area contributed by atoms with Gasteiger partial charge in [0.2, 0.25) is 5.91 Å². The minimum atomic E-state index is -0.533. The highest BCUT2D eigenvalue weighted by Gasteiger charge is 2.63. The second-order valence-electron chi connectivity index (χ2n) is 5.93. The van der Waals surface area contributed by atoms with Gasteiger partial charge in [-0.05, 0) is 11.6 Å². The van der Waals surface area contributed by atoms with Gasteiger partial charge in [-0.2, -0.15) is 0 Å². The average Bonchev–Trinajstić information content (AvgIpc) is 2.97. The van der Waals surface area contributed by atoms with Gasteiger partial charge in [0, 0.05) is 16.5 Å². The third kappa shape index (κ3) is 1.60. The highest BCUT2D eigenvalue weighted by atomic mass is 35.5. The van der Waals surface area contributed by atoms with Crippen molar-refractivity contribution in [2.24, 2.45) is 0 Å². The molecule has 0 saturated carbocycles. The fraction of sp³-hybridized carbons (Fsp3) is 0.167. The standard InChI is InChI=1S/C18H13ClN2OS/c19-15-17(22)21-10-13-12-8-4-5-9-14(12)20-16(13)23-18(15,21)11-6-2-1-3-7-11/h1-9,15,20H,10H2/t15-,18+/m0/s1. The van der Waals surface area contributed by atoms with Crippen molar-refractivity contribution in [3.63, 3.8) is 0 Å². The summed E-state index contributed by atoms with van der Waals surface area (Å²) in [7, 11) is 0. The Morgan fingerprint density at radius 3 is 2.70 bits per heavy atom. The minimum absolute atomic E-state index is 0.0129. The number of hydrogen-bond donors (Lipinski definition) is 1. The lowest BCUT2D eigenvalue weighted by atomic mass is 9.91. The molecule has 3 aromatic rings. The predicted molar refractivity (Wildman–Crippen MR) is 92.5 cm³/mol. The van der Waals surface area contributed by atoms with Crippen LogP contribution in [0, 0.1) is 0 Å². The van der Waals surface area contributed by atoms with E-state index in [1.165, 1.54) is 10.9 Å². The maximum Gasteiger partial charge on any atom is 0.246 e. The van der Waals surface area contributed by atoms with Crippen LogP contribution in [0.25, 0.3) is 10.9 Å². The molecule has 2 aliphatic rings. The number of para-hydroxylation sites is 1. The van der Waals surface area contributed by atoms with Crippen LogP contribution in [0.1, 0.15) is 11.1 Å². The lowest BCUT2D eigenvalue weighted by molar-refractivity contribution is -0.149. The van der Waals surface area contributed by atoms with E-state index in [0.29, 0.717) is 6.54 Å². The second kappa shape index (κ2) is 4.56. The number of β-lactam (4-membered cyclic amide) rings is 1. The fourth-order valence-corrected chi connectivity index (χ4v) is 5.60. The molecule has 1 saturated heterocycles. The number of thioether (sulfide) groups is 1. The average molecular weight is 341 g/mol. The van der Waals surface area contributed by atoms with Crippen LogP contribution in [0.15, 0.2) is 59.6 Å². The summed E-state index contributed by atoms with van der Waals surface area (Å²) in [5.41, 5.74) is 3.37. The first-order valence-electron chi connectivity index (χ1n) is 7.51. The molecule has 3 nitrogen and oxygen atoms in total. The number of aromatic nitrogens is 1. The second-order valence-corrected chi connectivity index (χ2v) is 7.60. The van der Waals surface area contributed by atoms with E-state index in [1.807, 2.05) is 35.2 Å². The van der Waals surface area contributed by atoms with Crippen LogP contribution in [0.4, 0.5) is 0 Å². The van der Waals surface area contributed by atoms with Crippen LogP contribution >= 0.6 is 23.4 Å². The summed E-state index contributed by atoms with van der Waals surface area (Å²) in [5, 5.41) is 1.77. The van der Waals surface area contributed by atoms with Gasteiger partial charge in [0.1, 0.15) is 10.2 Å². The van der Waals surface area contributed by atoms with E-state index >= 15 is 0 Å². The molecule has 5 heteroatoms. The molecule has 1 fully saturated rings. The zero-order valence-corrected chi connectivity index (χ0v) is 13.7. The van der Waals surface area contributed by atoms with E-state index in [9.17, 15) is 4.79 Å². The summed E-state index contributed by atoms with van der Waals surface area (Å²) in [5.74, 6) is 0.0129. The van der Waals surface area contributed by atoms with Crippen molar-refractivity contribution in [1.82, 2.24) is 9.88 Å². The summed E-state index contributed by atoms with van der Waals surface area (Å²) in [6.45, 7) is 0.600. The highest BCUT2D eigenvalue weighted by molar-refractivity contribution is 8.00. The minimum Gasteiger partial charge on any atom is -0.349 e. The molecular formula is C18H13ClN2OS. The number of aromatic amines is 1. The molecular weight excluding hydrogens is 328 g/mol. The molecule has 0 unspecified atom stereocenters. The number of carbonyl (C=O) groups excluding carboxylic acids is 1. The van der Waals surface area contributed by atoms with Crippen LogP contribution in [-0.2, 0) is 16.2 Å². The third-order valence-corrected chi connectivity index (χ3v) is 6.95. The topological polar surface area (TPSA) is 36.1 Å². The van der Waals surface area contributed by atoms with Crippen molar-refractivity contribution in [1.29, 1.82) is 0 Å². The fourth-order valence-electron chi connectivity index (χ4n) is 3.61. The number of rotatable bonds is 1. The molecule has 3 heterocycles. The number of nitrogens with one attached hydrogen (secondary N) is 1. The number of halogens is 1. The lowest BCUT2D eigenvalue weighted by Gasteiger charge is -2.56. The number of H-pyrrole nitrogens is 1. The summed E-state index contributed by atoms with van der Waals surface area (Å²) in [6, 6.07) is 18.3. The molecule has 1 amide bonds. The Morgan fingerprint density at radius 2 is 1.87 bits per heavy atom. The number of carbonyl (C=O) groups is 1. The Kier molecular flexibility index (Phi) is 2.68. The smallest absolute Gasteiger partial charge is 0.246 e.